The van der Waals surface area contributed by atoms with E-state index in [2.05, 4.69) is 25.6 Å². The predicted molar refractivity (Wildman–Crippen MR) is 74.4 cm³/mol. The first-order chi connectivity index (χ1) is 9.99. The van der Waals surface area contributed by atoms with Crippen molar-refractivity contribution in [3.05, 3.63) is 23.0 Å². The van der Waals surface area contributed by atoms with Gasteiger partial charge in [-0.15, -0.1) is 0 Å². The van der Waals surface area contributed by atoms with Gasteiger partial charge < -0.3 is 15.6 Å². The lowest BCUT2D eigenvalue weighted by atomic mass is 10.3. The van der Waals surface area contributed by atoms with E-state index in [4.69, 9.17) is 0 Å². The van der Waals surface area contributed by atoms with E-state index in [-0.39, 0.29) is 30.6 Å². The van der Waals surface area contributed by atoms with Crippen molar-refractivity contribution in [2.24, 2.45) is 0 Å². The van der Waals surface area contributed by atoms with Crippen molar-refractivity contribution >= 4 is 23.0 Å². The smallest absolute Gasteiger partial charge is 0.327 e. The molecule has 2 heterocycles. The summed E-state index contributed by atoms with van der Waals surface area (Å²) in [5.74, 6) is -0.588. The van der Waals surface area contributed by atoms with Crippen LogP contribution in [0, 0.1) is 0 Å². The molecule has 0 saturated heterocycles. The number of fused-ring (bicyclic) bond motifs is 1. The fourth-order valence-electron chi connectivity index (χ4n) is 1.93. The van der Waals surface area contributed by atoms with E-state index in [0.29, 0.717) is 11.2 Å². The van der Waals surface area contributed by atoms with Gasteiger partial charge in [0, 0.05) is 20.0 Å². The van der Waals surface area contributed by atoms with Crippen LogP contribution in [0.5, 0.6) is 0 Å². The second kappa shape index (κ2) is 6.16. The van der Waals surface area contributed by atoms with Crippen LogP contribution in [0.3, 0.4) is 0 Å². The number of carbonyl (C=O) groups excluding carboxylic acids is 2. The van der Waals surface area contributed by atoms with Crippen LogP contribution in [-0.4, -0.2) is 43.9 Å². The lowest BCUT2D eigenvalue weighted by molar-refractivity contribution is -0.127. The minimum atomic E-state index is -0.621. The van der Waals surface area contributed by atoms with Crippen molar-refractivity contribution in [3.8, 4) is 0 Å². The Morgan fingerprint density at radius 1 is 1.48 bits per heavy atom. The quantitative estimate of drug-likeness (QED) is 0.636. The molecule has 0 fully saturated rings. The molecule has 112 valence electrons. The van der Waals surface area contributed by atoms with Crippen LogP contribution >= 0.6 is 0 Å². The highest BCUT2D eigenvalue weighted by Gasteiger charge is 2.13. The average Bonchev–Trinajstić information content (AvgIpc) is 2.74. The normalized spacial score (nSPS) is 12.1. The Bertz CT molecular complexity index is 719. The first-order valence-electron chi connectivity index (χ1n) is 6.42. The van der Waals surface area contributed by atoms with E-state index in [1.807, 2.05) is 0 Å². The Labute approximate surface area is 119 Å². The zero-order valence-corrected chi connectivity index (χ0v) is 11.7. The highest BCUT2D eigenvalue weighted by atomic mass is 16.2. The molecule has 0 aliphatic carbocycles. The zero-order valence-electron chi connectivity index (χ0n) is 11.7. The van der Waals surface area contributed by atoms with Crippen molar-refractivity contribution < 1.29 is 9.59 Å². The van der Waals surface area contributed by atoms with Crippen LogP contribution in [0.15, 0.2) is 17.3 Å². The second-order valence-corrected chi connectivity index (χ2v) is 4.56. The van der Waals surface area contributed by atoms with Crippen molar-refractivity contribution in [1.82, 2.24) is 30.2 Å². The van der Waals surface area contributed by atoms with Crippen molar-refractivity contribution in [2.45, 2.75) is 26.4 Å². The molecule has 0 aliphatic rings. The van der Waals surface area contributed by atoms with Gasteiger partial charge in [-0.1, -0.05) is 0 Å². The van der Waals surface area contributed by atoms with Crippen LogP contribution in [0.25, 0.3) is 11.2 Å². The van der Waals surface area contributed by atoms with Gasteiger partial charge in [-0.2, -0.15) is 0 Å². The van der Waals surface area contributed by atoms with Crippen molar-refractivity contribution in [1.29, 1.82) is 0 Å². The molecule has 1 unspecified atom stereocenters. The monoisotopic (exact) mass is 292 g/mol. The van der Waals surface area contributed by atoms with Crippen molar-refractivity contribution in [2.75, 3.05) is 6.54 Å². The Hall–Kier alpha value is -2.71. The number of aromatic amines is 1. The molecule has 9 nitrogen and oxygen atoms in total. The third kappa shape index (κ3) is 3.44. The molecule has 9 heteroatoms. The molecule has 0 radical (unpaired) electrons. The maximum Gasteiger partial charge on any atom is 0.327 e. The number of aromatic nitrogens is 4. The third-order valence-electron chi connectivity index (χ3n) is 2.88. The molecule has 21 heavy (non-hydrogen) atoms. The predicted octanol–water partition coefficient (Wildman–Crippen LogP) is -1.24. The van der Waals surface area contributed by atoms with Gasteiger partial charge in [0.1, 0.15) is 17.9 Å². The number of carbonyl (C=O) groups is 2. The Morgan fingerprint density at radius 2 is 2.24 bits per heavy atom. The maximum atomic E-state index is 11.8. The third-order valence-corrected chi connectivity index (χ3v) is 2.88. The summed E-state index contributed by atoms with van der Waals surface area (Å²) in [5.41, 5.74) is 0.717. The molecule has 2 aromatic heterocycles. The summed E-state index contributed by atoms with van der Waals surface area (Å²) in [4.78, 5) is 44.8. The molecule has 2 aromatic rings. The maximum absolute atomic E-state index is 11.8. The second-order valence-electron chi connectivity index (χ2n) is 4.56. The molecule has 2 amide bonds. The van der Waals surface area contributed by atoms with Gasteiger partial charge in [0.05, 0.1) is 6.20 Å². The minimum Gasteiger partial charge on any atom is -0.353 e. The van der Waals surface area contributed by atoms with E-state index in [1.54, 1.807) is 6.92 Å². The lowest BCUT2D eigenvalue weighted by Gasteiger charge is -2.12. The van der Waals surface area contributed by atoms with Gasteiger partial charge >= 0.3 is 5.69 Å². The Kier molecular flexibility index (Phi) is 4.31. The molecule has 3 N–H and O–H groups in total. The fraction of sp³-hybridized carbons (Fsp3) is 0.417. The Morgan fingerprint density at radius 3 is 2.95 bits per heavy atom. The van der Waals surface area contributed by atoms with Crippen LogP contribution in [-0.2, 0) is 16.1 Å². The van der Waals surface area contributed by atoms with E-state index < -0.39 is 6.04 Å². The summed E-state index contributed by atoms with van der Waals surface area (Å²) in [6, 6.07) is -0.621. The number of nitrogens with one attached hydrogen (secondary N) is 3. The number of imidazole rings is 1. The molecule has 0 bridgehead atoms. The van der Waals surface area contributed by atoms with Crippen LogP contribution in [0.2, 0.25) is 0 Å². The highest BCUT2D eigenvalue weighted by Crippen LogP contribution is 2.02. The van der Waals surface area contributed by atoms with Crippen LogP contribution in [0.1, 0.15) is 13.8 Å². The highest BCUT2D eigenvalue weighted by molar-refractivity contribution is 5.86. The molecule has 0 aliphatic heterocycles. The van der Waals surface area contributed by atoms with Gasteiger partial charge in [-0.25, -0.2) is 14.8 Å². The summed E-state index contributed by atoms with van der Waals surface area (Å²) in [5, 5.41) is 5.13. The van der Waals surface area contributed by atoms with Gasteiger partial charge in [-0.3, -0.25) is 14.2 Å². The summed E-state index contributed by atoms with van der Waals surface area (Å²) in [6.07, 6.45) is 2.86. The molecule has 0 saturated carbocycles. The minimum absolute atomic E-state index is 0.250. The molecule has 0 aromatic carbocycles. The van der Waals surface area contributed by atoms with E-state index in [1.165, 1.54) is 24.0 Å². The van der Waals surface area contributed by atoms with Crippen LogP contribution < -0.4 is 16.3 Å². The standard InChI is InChI=1S/C12H16N6O3/c1-7(16-8(2)19)11(20)14-3-4-18-10-9(17-12(18)21)5-13-6-15-10/h5-7H,3-4H2,1-2H3,(H,14,20)(H,16,19)(H,17,21). The van der Waals surface area contributed by atoms with Gasteiger partial charge in [0.15, 0.2) is 5.65 Å². The van der Waals surface area contributed by atoms with E-state index in [0.717, 1.165) is 0 Å². The van der Waals surface area contributed by atoms with Crippen LogP contribution in [0.4, 0.5) is 0 Å². The fourth-order valence-corrected chi connectivity index (χ4v) is 1.93. The summed E-state index contributed by atoms with van der Waals surface area (Å²) < 4.78 is 1.42. The number of hydrogen-bond acceptors (Lipinski definition) is 5. The number of H-pyrrole nitrogens is 1. The summed E-state index contributed by atoms with van der Waals surface area (Å²) in [7, 11) is 0. The largest absolute Gasteiger partial charge is 0.353 e. The number of rotatable bonds is 5. The molecule has 1 atom stereocenters. The lowest BCUT2D eigenvalue weighted by Crippen LogP contribution is -2.45. The van der Waals surface area contributed by atoms with E-state index >= 15 is 0 Å². The zero-order chi connectivity index (χ0) is 15.4. The molecular weight excluding hydrogens is 276 g/mol. The number of hydrogen-bond donors (Lipinski definition) is 3. The number of amides is 2. The topological polar surface area (TPSA) is 122 Å². The molecule has 0 spiro atoms. The summed E-state index contributed by atoms with van der Waals surface area (Å²) >= 11 is 0. The average molecular weight is 292 g/mol. The first kappa shape index (κ1) is 14.7. The number of nitrogens with zero attached hydrogens (tertiary/aromatic N) is 3. The van der Waals surface area contributed by atoms with Crippen molar-refractivity contribution in [3.63, 3.8) is 0 Å². The van der Waals surface area contributed by atoms with Gasteiger partial charge in [0.2, 0.25) is 11.8 Å². The molecule has 2 rings (SSSR count). The SMILES string of the molecule is CC(=O)NC(C)C(=O)NCCn1c(=O)[nH]c2cncnc21. The van der Waals surface area contributed by atoms with Gasteiger partial charge in [-0.05, 0) is 6.92 Å². The Balaban J connectivity index is 1.97. The first-order valence-corrected chi connectivity index (χ1v) is 6.42. The van der Waals surface area contributed by atoms with E-state index in [9.17, 15) is 14.4 Å². The molecular formula is C12H16N6O3. The summed E-state index contributed by atoms with van der Waals surface area (Å²) in [6.45, 7) is 3.45. The van der Waals surface area contributed by atoms with Gasteiger partial charge in [0.25, 0.3) is 0 Å².